The van der Waals surface area contributed by atoms with Crippen molar-refractivity contribution in [3.05, 3.63) is 29.3 Å². The van der Waals surface area contributed by atoms with Crippen molar-refractivity contribution in [2.24, 2.45) is 0 Å². The number of hydrogen-bond acceptors (Lipinski definition) is 4. The van der Waals surface area contributed by atoms with Gasteiger partial charge in [0.15, 0.2) is 0 Å². The molecule has 0 spiro atoms. The molecule has 134 valence electrons. The van der Waals surface area contributed by atoms with Gasteiger partial charge in [0.2, 0.25) is 5.91 Å². The van der Waals surface area contributed by atoms with Crippen molar-refractivity contribution in [2.45, 2.75) is 26.3 Å². The van der Waals surface area contributed by atoms with Gasteiger partial charge in [0.25, 0.3) is 0 Å². The highest BCUT2D eigenvalue weighted by atomic mass is 35.5. The van der Waals surface area contributed by atoms with Gasteiger partial charge in [-0.25, -0.2) is 0 Å². The Morgan fingerprint density at radius 3 is 2.67 bits per heavy atom. The van der Waals surface area contributed by atoms with E-state index in [0.717, 1.165) is 51.4 Å². The van der Waals surface area contributed by atoms with Crippen LogP contribution in [0.1, 0.15) is 20.3 Å². The fourth-order valence-corrected chi connectivity index (χ4v) is 2.97. The van der Waals surface area contributed by atoms with Crippen molar-refractivity contribution in [1.82, 2.24) is 15.1 Å². The predicted molar refractivity (Wildman–Crippen MR) is 97.7 cm³/mol. The van der Waals surface area contributed by atoms with Crippen LogP contribution in [0.25, 0.3) is 0 Å². The van der Waals surface area contributed by atoms with Gasteiger partial charge >= 0.3 is 0 Å². The van der Waals surface area contributed by atoms with Gasteiger partial charge in [-0.15, -0.1) is 0 Å². The third-order valence-corrected chi connectivity index (χ3v) is 4.70. The first kappa shape index (κ1) is 19.0. The zero-order valence-electron chi connectivity index (χ0n) is 14.6. The maximum absolute atomic E-state index is 12.0. The number of carbonyl (C=O) groups is 1. The van der Waals surface area contributed by atoms with E-state index in [-0.39, 0.29) is 11.9 Å². The Morgan fingerprint density at radius 2 is 2.00 bits per heavy atom. The summed E-state index contributed by atoms with van der Waals surface area (Å²) in [5, 5.41) is 3.62. The molecule has 6 heteroatoms. The van der Waals surface area contributed by atoms with E-state index in [2.05, 4.69) is 22.0 Å². The summed E-state index contributed by atoms with van der Waals surface area (Å²) in [5.41, 5.74) is 0. The number of nitrogens with one attached hydrogen (secondary N) is 1. The summed E-state index contributed by atoms with van der Waals surface area (Å²) in [5.74, 6) is 0.867. The highest BCUT2D eigenvalue weighted by Crippen LogP contribution is 2.22. The Kier molecular flexibility index (Phi) is 7.82. The molecule has 0 radical (unpaired) electrons. The van der Waals surface area contributed by atoms with Crippen LogP contribution in [-0.2, 0) is 4.79 Å². The van der Waals surface area contributed by atoms with Crippen LogP contribution >= 0.6 is 11.6 Å². The molecule has 1 N–H and O–H groups in total. The highest BCUT2D eigenvalue weighted by Gasteiger charge is 2.25. The number of benzene rings is 1. The van der Waals surface area contributed by atoms with Crippen molar-refractivity contribution in [3.63, 3.8) is 0 Å². The van der Waals surface area contributed by atoms with Crippen LogP contribution in [-0.4, -0.2) is 67.6 Å². The number of nitrogens with zero attached hydrogens (tertiary/aromatic N) is 2. The lowest BCUT2D eigenvalue weighted by Gasteiger charge is -2.37. The Bertz CT molecular complexity index is 519. The minimum absolute atomic E-state index is 0.0573. The number of hydrogen-bond donors (Lipinski definition) is 1. The molecule has 1 unspecified atom stereocenters. The molecule has 0 aliphatic carbocycles. The molecule has 1 atom stereocenters. The Hall–Kier alpha value is -1.30. The molecule has 1 heterocycles. The molecule has 5 nitrogen and oxygen atoms in total. The van der Waals surface area contributed by atoms with Crippen molar-refractivity contribution in [1.29, 1.82) is 0 Å². The number of piperazine rings is 1. The lowest BCUT2D eigenvalue weighted by atomic mass is 10.2. The SMILES string of the molecule is CCCNC(=O)C(C)N1CCN(CCOc2ccccc2Cl)CC1. The van der Waals surface area contributed by atoms with Gasteiger partial charge in [0.1, 0.15) is 12.4 Å². The van der Waals surface area contributed by atoms with Crippen molar-refractivity contribution >= 4 is 17.5 Å². The van der Waals surface area contributed by atoms with E-state index in [1.807, 2.05) is 31.2 Å². The Balaban J connectivity index is 1.67. The van der Waals surface area contributed by atoms with Crippen molar-refractivity contribution in [2.75, 3.05) is 45.9 Å². The molecule has 0 saturated carbocycles. The van der Waals surface area contributed by atoms with Gasteiger partial charge in [-0.05, 0) is 25.5 Å². The third-order valence-electron chi connectivity index (χ3n) is 4.39. The van der Waals surface area contributed by atoms with Crippen molar-refractivity contribution in [3.8, 4) is 5.75 Å². The van der Waals surface area contributed by atoms with E-state index in [1.54, 1.807) is 0 Å². The smallest absolute Gasteiger partial charge is 0.237 e. The summed E-state index contributed by atoms with van der Waals surface area (Å²) in [7, 11) is 0. The number of para-hydroxylation sites is 1. The molecule has 1 amide bonds. The van der Waals surface area contributed by atoms with Crippen molar-refractivity contribution < 1.29 is 9.53 Å². The summed E-state index contributed by atoms with van der Waals surface area (Å²) in [6, 6.07) is 7.48. The molecule has 24 heavy (non-hydrogen) atoms. The molecule has 1 aliphatic rings. The molecule has 1 aliphatic heterocycles. The van der Waals surface area contributed by atoms with Gasteiger partial charge in [-0.3, -0.25) is 14.6 Å². The third kappa shape index (κ3) is 5.65. The first-order chi connectivity index (χ1) is 11.6. The van der Waals surface area contributed by atoms with Gasteiger partial charge < -0.3 is 10.1 Å². The van der Waals surface area contributed by atoms with E-state index in [0.29, 0.717) is 11.6 Å². The lowest BCUT2D eigenvalue weighted by Crippen LogP contribution is -2.54. The normalized spacial score (nSPS) is 17.5. The van der Waals surface area contributed by atoms with Gasteiger partial charge in [0.05, 0.1) is 11.1 Å². The largest absolute Gasteiger partial charge is 0.491 e. The van der Waals surface area contributed by atoms with Crippen LogP contribution in [0.4, 0.5) is 0 Å². The van der Waals surface area contributed by atoms with Crippen LogP contribution in [0, 0.1) is 0 Å². The molecular formula is C18H28ClN3O2. The molecule has 1 fully saturated rings. The number of amides is 1. The van der Waals surface area contributed by atoms with Crippen LogP contribution in [0.3, 0.4) is 0 Å². The summed E-state index contributed by atoms with van der Waals surface area (Å²) >= 11 is 6.08. The van der Waals surface area contributed by atoms with Crippen LogP contribution in [0.2, 0.25) is 5.02 Å². The maximum atomic E-state index is 12.0. The zero-order chi connectivity index (χ0) is 17.4. The van der Waals surface area contributed by atoms with Crippen LogP contribution in [0.15, 0.2) is 24.3 Å². The second-order valence-electron chi connectivity index (χ2n) is 6.12. The minimum atomic E-state index is -0.0573. The fraction of sp³-hybridized carbons (Fsp3) is 0.611. The summed E-state index contributed by atoms with van der Waals surface area (Å²) in [6.45, 7) is 10.0. The summed E-state index contributed by atoms with van der Waals surface area (Å²) in [4.78, 5) is 16.7. The topological polar surface area (TPSA) is 44.8 Å². The van der Waals surface area contributed by atoms with Gasteiger partial charge in [-0.2, -0.15) is 0 Å². The quantitative estimate of drug-likeness (QED) is 0.778. The molecule has 2 rings (SSSR count). The minimum Gasteiger partial charge on any atom is -0.491 e. The molecule has 1 saturated heterocycles. The average molecular weight is 354 g/mol. The van der Waals surface area contributed by atoms with E-state index in [1.165, 1.54) is 0 Å². The summed E-state index contributed by atoms with van der Waals surface area (Å²) < 4.78 is 5.75. The van der Waals surface area contributed by atoms with Crippen LogP contribution in [0.5, 0.6) is 5.75 Å². The first-order valence-electron chi connectivity index (χ1n) is 8.73. The summed E-state index contributed by atoms with van der Waals surface area (Å²) in [6.07, 6.45) is 0.970. The van der Waals surface area contributed by atoms with E-state index < -0.39 is 0 Å². The molecule has 0 aromatic heterocycles. The number of halogens is 1. The van der Waals surface area contributed by atoms with E-state index in [9.17, 15) is 4.79 Å². The average Bonchev–Trinajstić information content (AvgIpc) is 2.61. The molecule has 1 aromatic rings. The number of ether oxygens (including phenoxy) is 1. The standard InChI is InChI=1S/C18H28ClN3O2/c1-3-8-20-18(23)15(2)22-11-9-21(10-12-22)13-14-24-17-7-5-4-6-16(17)19/h4-7,15H,3,8-14H2,1-2H3,(H,20,23). The first-order valence-corrected chi connectivity index (χ1v) is 9.11. The van der Waals surface area contributed by atoms with Gasteiger partial charge in [-0.1, -0.05) is 30.7 Å². The predicted octanol–water partition coefficient (Wildman–Crippen LogP) is 2.25. The van der Waals surface area contributed by atoms with E-state index >= 15 is 0 Å². The molecule has 1 aromatic carbocycles. The highest BCUT2D eigenvalue weighted by molar-refractivity contribution is 6.32. The lowest BCUT2D eigenvalue weighted by molar-refractivity contribution is -0.126. The monoisotopic (exact) mass is 353 g/mol. The zero-order valence-corrected chi connectivity index (χ0v) is 15.4. The van der Waals surface area contributed by atoms with Crippen LogP contribution < -0.4 is 10.1 Å². The molecule has 0 bridgehead atoms. The van der Waals surface area contributed by atoms with Gasteiger partial charge in [0, 0.05) is 39.3 Å². The Labute approximate surface area is 149 Å². The molecular weight excluding hydrogens is 326 g/mol. The number of rotatable bonds is 8. The fourth-order valence-electron chi connectivity index (χ4n) is 2.78. The van der Waals surface area contributed by atoms with E-state index in [4.69, 9.17) is 16.3 Å². The maximum Gasteiger partial charge on any atom is 0.237 e. The second-order valence-corrected chi connectivity index (χ2v) is 6.53. The second kappa shape index (κ2) is 9.87. The number of carbonyl (C=O) groups excluding carboxylic acids is 1. The Morgan fingerprint density at radius 1 is 1.29 bits per heavy atom.